The van der Waals surface area contributed by atoms with Gasteiger partial charge in [0, 0.05) is 28.9 Å². The standard InChI is InChI=1S/C20H13F3N3/c21-20(22,23)15-11-12-17-18(13-15)26(16-9-5-2-6-10-16)25-19(24-17)14-7-3-1-4-8-14/h1-13H/q+1. The molecule has 0 atom stereocenters. The molecular formula is C20H13F3N3+. The number of hydrogen-bond acceptors (Lipinski definition) is 2. The smallest absolute Gasteiger partial charge is 0.216 e. The fourth-order valence-corrected chi connectivity index (χ4v) is 2.72. The average Bonchev–Trinajstić information content (AvgIpc) is 2.67. The molecule has 0 aliphatic heterocycles. The summed E-state index contributed by atoms with van der Waals surface area (Å²) in [6.07, 6.45) is -4.43. The van der Waals surface area contributed by atoms with Crippen LogP contribution in [0.25, 0.3) is 28.1 Å². The maximum Gasteiger partial charge on any atom is 0.416 e. The third-order valence-electron chi connectivity index (χ3n) is 3.98. The average molecular weight is 352 g/mol. The molecule has 3 aromatic carbocycles. The zero-order valence-corrected chi connectivity index (χ0v) is 13.5. The van der Waals surface area contributed by atoms with E-state index >= 15 is 0 Å². The first-order chi connectivity index (χ1) is 12.5. The van der Waals surface area contributed by atoms with Gasteiger partial charge in [0.25, 0.3) is 5.52 Å². The topological polar surface area (TPSA) is 29.7 Å². The van der Waals surface area contributed by atoms with Gasteiger partial charge in [0.15, 0.2) is 0 Å². The van der Waals surface area contributed by atoms with Crippen LogP contribution in [0.1, 0.15) is 5.56 Å². The number of alkyl halides is 3. The highest BCUT2D eigenvalue weighted by Gasteiger charge is 2.32. The van der Waals surface area contributed by atoms with Gasteiger partial charge in [-0.2, -0.15) is 13.2 Å². The van der Waals surface area contributed by atoms with Gasteiger partial charge in [-0.25, -0.2) is 4.98 Å². The summed E-state index contributed by atoms with van der Waals surface area (Å²) in [4.78, 5) is 4.46. The van der Waals surface area contributed by atoms with Gasteiger partial charge in [-0.1, -0.05) is 48.5 Å². The summed E-state index contributed by atoms with van der Waals surface area (Å²) in [6, 6.07) is 21.9. The van der Waals surface area contributed by atoms with Crippen LogP contribution < -0.4 is 4.68 Å². The van der Waals surface area contributed by atoms with Crippen LogP contribution in [0.5, 0.6) is 0 Å². The molecule has 3 nitrogen and oxygen atoms in total. The summed E-state index contributed by atoms with van der Waals surface area (Å²) in [6.45, 7) is 0. The molecule has 4 aromatic rings. The Morgan fingerprint density at radius 2 is 1.42 bits per heavy atom. The van der Waals surface area contributed by atoms with Gasteiger partial charge in [-0.3, -0.25) is 0 Å². The predicted octanol–water partition coefficient (Wildman–Crippen LogP) is 4.59. The maximum absolute atomic E-state index is 13.1. The molecule has 128 valence electrons. The molecule has 0 spiro atoms. The fraction of sp³-hybridized carbons (Fsp3) is 0.0500. The summed E-state index contributed by atoms with van der Waals surface area (Å²) in [5.74, 6) is 0.446. The van der Waals surface area contributed by atoms with Crippen LogP contribution in [0.4, 0.5) is 13.2 Å². The first kappa shape index (κ1) is 16.2. The Bertz CT molecular complexity index is 1060. The van der Waals surface area contributed by atoms with Crippen molar-refractivity contribution >= 4 is 11.0 Å². The lowest BCUT2D eigenvalue weighted by Crippen LogP contribution is -2.37. The second-order valence-corrected chi connectivity index (χ2v) is 5.75. The predicted molar refractivity (Wildman–Crippen MR) is 91.5 cm³/mol. The van der Waals surface area contributed by atoms with E-state index in [4.69, 9.17) is 0 Å². The van der Waals surface area contributed by atoms with Gasteiger partial charge in [0.05, 0.1) is 5.56 Å². The van der Waals surface area contributed by atoms with Crippen molar-refractivity contribution in [2.75, 3.05) is 0 Å². The van der Waals surface area contributed by atoms with Crippen molar-refractivity contribution in [3.63, 3.8) is 0 Å². The quantitative estimate of drug-likeness (QED) is 0.494. The number of hydrogen-bond donors (Lipinski definition) is 0. The minimum atomic E-state index is -4.43. The van der Waals surface area contributed by atoms with Crippen LogP contribution >= 0.6 is 0 Å². The highest BCUT2D eigenvalue weighted by molar-refractivity contribution is 5.74. The minimum Gasteiger partial charge on any atom is -0.216 e. The van der Waals surface area contributed by atoms with Crippen molar-refractivity contribution in [2.45, 2.75) is 6.18 Å². The first-order valence-electron chi connectivity index (χ1n) is 7.94. The van der Waals surface area contributed by atoms with Crippen LogP contribution in [-0.4, -0.2) is 10.1 Å². The molecule has 0 aliphatic carbocycles. The summed E-state index contributed by atoms with van der Waals surface area (Å²) < 4.78 is 40.9. The highest BCUT2D eigenvalue weighted by atomic mass is 19.4. The van der Waals surface area contributed by atoms with Crippen LogP contribution in [0, 0.1) is 0 Å². The van der Waals surface area contributed by atoms with Gasteiger partial charge < -0.3 is 0 Å². The van der Waals surface area contributed by atoms with Crippen molar-refractivity contribution < 1.29 is 17.9 Å². The minimum absolute atomic E-state index is 0.297. The molecule has 0 saturated carbocycles. The van der Waals surface area contributed by atoms with Gasteiger partial charge >= 0.3 is 6.18 Å². The van der Waals surface area contributed by atoms with E-state index in [1.165, 1.54) is 10.7 Å². The largest absolute Gasteiger partial charge is 0.416 e. The summed E-state index contributed by atoms with van der Waals surface area (Å²) in [7, 11) is 0. The number of halogens is 3. The monoisotopic (exact) mass is 352 g/mol. The molecule has 1 heterocycles. The van der Waals surface area contributed by atoms with Crippen molar-refractivity contribution in [2.24, 2.45) is 0 Å². The summed E-state index contributed by atoms with van der Waals surface area (Å²) in [5.41, 5.74) is 1.46. The van der Waals surface area contributed by atoms with Crippen molar-refractivity contribution in [3.8, 4) is 17.1 Å². The third kappa shape index (κ3) is 3.01. The Labute approximate surface area is 147 Å². The van der Waals surface area contributed by atoms with Crippen LogP contribution in [0.15, 0.2) is 78.9 Å². The molecule has 0 aliphatic rings. The SMILES string of the molecule is FC(F)(F)c1ccc2nc(-c3ccccc3)n[n+](-c3ccccc3)c2c1. The number of rotatable bonds is 2. The van der Waals surface area contributed by atoms with E-state index < -0.39 is 11.7 Å². The first-order valence-corrected chi connectivity index (χ1v) is 7.94. The second kappa shape index (κ2) is 6.22. The van der Waals surface area contributed by atoms with Gasteiger partial charge in [0.1, 0.15) is 5.52 Å². The zero-order valence-electron chi connectivity index (χ0n) is 13.5. The molecule has 0 radical (unpaired) electrons. The van der Waals surface area contributed by atoms with Crippen molar-refractivity contribution in [1.29, 1.82) is 0 Å². The van der Waals surface area contributed by atoms with Gasteiger partial charge in [0.2, 0.25) is 11.5 Å². The zero-order chi connectivity index (χ0) is 18.1. The lowest BCUT2D eigenvalue weighted by atomic mass is 10.1. The Hall–Kier alpha value is -3.28. The summed E-state index contributed by atoms with van der Waals surface area (Å²) >= 11 is 0. The number of benzene rings is 3. The number of fused-ring (bicyclic) bond motifs is 1. The van der Waals surface area contributed by atoms with E-state index in [1.54, 1.807) is 12.1 Å². The lowest BCUT2D eigenvalue weighted by Gasteiger charge is -2.07. The molecule has 0 bridgehead atoms. The van der Waals surface area contributed by atoms with Crippen molar-refractivity contribution in [3.05, 3.63) is 84.4 Å². The van der Waals surface area contributed by atoms with Gasteiger partial charge in [-0.15, -0.1) is 0 Å². The molecule has 0 N–H and O–H groups in total. The Kier molecular flexibility index (Phi) is 3.88. The Morgan fingerprint density at radius 3 is 2.08 bits per heavy atom. The van der Waals surface area contributed by atoms with E-state index in [0.717, 1.165) is 17.7 Å². The molecule has 6 heteroatoms. The molecule has 26 heavy (non-hydrogen) atoms. The van der Waals surface area contributed by atoms with Crippen LogP contribution in [0.2, 0.25) is 0 Å². The summed E-state index contributed by atoms with van der Waals surface area (Å²) in [5, 5.41) is 4.50. The molecule has 0 fully saturated rings. The Balaban J connectivity index is 2.02. The molecule has 0 saturated heterocycles. The second-order valence-electron chi connectivity index (χ2n) is 5.75. The Morgan fingerprint density at radius 1 is 0.769 bits per heavy atom. The van der Waals surface area contributed by atoms with E-state index in [-0.39, 0.29) is 0 Å². The number of aromatic nitrogens is 3. The lowest BCUT2D eigenvalue weighted by molar-refractivity contribution is -0.632. The van der Waals surface area contributed by atoms with Crippen LogP contribution in [-0.2, 0) is 6.18 Å². The van der Waals surface area contributed by atoms with E-state index in [1.807, 2.05) is 48.5 Å². The number of para-hydroxylation sites is 1. The molecule has 4 rings (SSSR count). The van der Waals surface area contributed by atoms with E-state index in [9.17, 15) is 13.2 Å². The fourth-order valence-electron chi connectivity index (χ4n) is 2.72. The molecule has 0 amide bonds. The third-order valence-corrected chi connectivity index (χ3v) is 3.98. The molecular weight excluding hydrogens is 339 g/mol. The molecule has 0 unspecified atom stereocenters. The maximum atomic E-state index is 13.1. The normalized spacial score (nSPS) is 11.7. The van der Waals surface area contributed by atoms with Crippen molar-refractivity contribution in [1.82, 2.24) is 10.1 Å². The van der Waals surface area contributed by atoms with E-state index in [2.05, 4.69) is 10.1 Å². The van der Waals surface area contributed by atoms with Crippen LogP contribution in [0.3, 0.4) is 0 Å². The molecule has 1 aromatic heterocycles. The van der Waals surface area contributed by atoms with E-state index in [0.29, 0.717) is 22.5 Å². The highest BCUT2D eigenvalue weighted by Crippen LogP contribution is 2.30. The van der Waals surface area contributed by atoms with Gasteiger partial charge in [-0.05, 0) is 16.8 Å². The number of nitrogens with zero attached hydrogens (tertiary/aromatic N) is 3.